The Morgan fingerprint density at radius 1 is 1.20 bits per heavy atom. The number of nitrogens with zero attached hydrogens (tertiary/aromatic N) is 2. The van der Waals surface area contributed by atoms with E-state index in [2.05, 4.69) is 22.7 Å². The normalized spacial score (nSPS) is 19.8. The zero-order chi connectivity index (χ0) is 17.1. The smallest absolute Gasteiger partial charge is 0.161 e. The van der Waals surface area contributed by atoms with Crippen molar-refractivity contribution < 1.29 is 14.2 Å². The van der Waals surface area contributed by atoms with Crippen LogP contribution in [-0.4, -0.2) is 42.8 Å². The van der Waals surface area contributed by atoms with E-state index in [0.29, 0.717) is 19.1 Å². The van der Waals surface area contributed by atoms with Gasteiger partial charge in [0.15, 0.2) is 11.5 Å². The van der Waals surface area contributed by atoms with Gasteiger partial charge in [0.05, 0.1) is 25.5 Å². The second-order valence-corrected chi connectivity index (χ2v) is 6.75. The number of hydrogen-bond donors (Lipinski definition) is 1. The van der Waals surface area contributed by atoms with Gasteiger partial charge in [-0.25, -0.2) is 0 Å². The molecule has 1 fully saturated rings. The lowest BCUT2D eigenvalue weighted by atomic mass is 10.1. The summed E-state index contributed by atoms with van der Waals surface area (Å²) in [4.78, 5) is 0. The Hall–Kier alpha value is -2.05. The third kappa shape index (κ3) is 3.80. The second kappa shape index (κ2) is 7.45. The van der Waals surface area contributed by atoms with Crippen LogP contribution in [-0.2, 0) is 18.3 Å². The minimum Gasteiger partial charge on any atom is -0.490 e. The fraction of sp³-hybridized carbons (Fsp3) is 0.526. The summed E-state index contributed by atoms with van der Waals surface area (Å²) in [5, 5.41) is 8.21. The SMILES string of the molecule is Cn1cc(CNC[C@@H]2CCOC2)c(-c2ccc3c(c2)OCCCO3)n1. The van der Waals surface area contributed by atoms with Crippen molar-refractivity contribution >= 4 is 0 Å². The number of benzene rings is 1. The molecule has 6 nitrogen and oxygen atoms in total. The van der Waals surface area contributed by atoms with E-state index in [9.17, 15) is 0 Å². The summed E-state index contributed by atoms with van der Waals surface area (Å²) in [6.07, 6.45) is 4.14. The monoisotopic (exact) mass is 343 g/mol. The summed E-state index contributed by atoms with van der Waals surface area (Å²) in [6, 6.07) is 6.08. The van der Waals surface area contributed by atoms with E-state index in [1.165, 1.54) is 5.56 Å². The maximum atomic E-state index is 5.82. The first-order valence-corrected chi connectivity index (χ1v) is 9.00. The molecule has 4 rings (SSSR count). The molecule has 2 aliphatic heterocycles. The van der Waals surface area contributed by atoms with Crippen molar-refractivity contribution in [3.05, 3.63) is 30.0 Å². The molecule has 3 heterocycles. The highest BCUT2D eigenvalue weighted by molar-refractivity contribution is 5.66. The minimum absolute atomic E-state index is 0.623. The second-order valence-electron chi connectivity index (χ2n) is 6.75. The highest BCUT2D eigenvalue weighted by atomic mass is 16.5. The molecule has 0 aliphatic carbocycles. The molecule has 0 saturated carbocycles. The van der Waals surface area contributed by atoms with Crippen LogP contribution < -0.4 is 14.8 Å². The van der Waals surface area contributed by atoms with Gasteiger partial charge >= 0.3 is 0 Å². The van der Waals surface area contributed by atoms with Crippen molar-refractivity contribution in [2.75, 3.05) is 33.0 Å². The Balaban J connectivity index is 1.50. The summed E-state index contributed by atoms with van der Waals surface area (Å²) in [7, 11) is 1.96. The molecule has 6 heteroatoms. The maximum absolute atomic E-state index is 5.82. The molecule has 0 bridgehead atoms. The van der Waals surface area contributed by atoms with Crippen LogP contribution in [0.5, 0.6) is 11.5 Å². The topological polar surface area (TPSA) is 57.5 Å². The van der Waals surface area contributed by atoms with Crippen molar-refractivity contribution in [3.63, 3.8) is 0 Å². The average Bonchev–Trinajstić information content (AvgIpc) is 3.19. The molecule has 1 aromatic heterocycles. The molecule has 2 aliphatic rings. The Bertz CT molecular complexity index is 723. The molecule has 134 valence electrons. The quantitative estimate of drug-likeness (QED) is 0.903. The molecular formula is C19H25N3O3. The summed E-state index contributed by atoms with van der Waals surface area (Å²) in [5.74, 6) is 2.25. The van der Waals surface area contributed by atoms with Crippen molar-refractivity contribution in [1.29, 1.82) is 0 Å². The summed E-state index contributed by atoms with van der Waals surface area (Å²) in [6.45, 7) is 4.94. The van der Waals surface area contributed by atoms with Crippen LogP contribution in [0.15, 0.2) is 24.4 Å². The number of nitrogens with one attached hydrogen (secondary N) is 1. The van der Waals surface area contributed by atoms with E-state index in [4.69, 9.17) is 14.2 Å². The molecule has 1 aromatic carbocycles. The zero-order valence-corrected chi connectivity index (χ0v) is 14.7. The molecule has 0 spiro atoms. The highest BCUT2D eigenvalue weighted by Gasteiger charge is 2.17. The first kappa shape index (κ1) is 16.4. The molecule has 2 aromatic rings. The zero-order valence-electron chi connectivity index (χ0n) is 14.7. The molecular weight excluding hydrogens is 318 g/mol. The Kier molecular flexibility index (Phi) is 4.90. The van der Waals surface area contributed by atoms with E-state index in [0.717, 1.165) is 61.9 Å². The van der Waals surface area contributed by atoms with Gasteiger partial charge in [0.2, 0.25) is 0 Å². The number of rotatable bonds is 5. The van der Waals surface area contributed by atoms with Gasteiger partial charge in [-0.1, -0.05) is 0 Å². The lowest BCUT2D eigenvalue weighted by Gasteiger charge is -2.11. The van der Waals surface area contributed by atoms with Crippen LogP contribution in [0.2, 0.25) is 0 Å². The van der Waals surface area contributed by atoms with E-state index < -0.39 is 0 Å². The van der Waals surface area contributed by atoms with Gasteiger partial charge in [-0.15, -0.1) is 0 Å². The van der Waals surface area contributed by atoms with Crippen molar-refractivity contribution in [2.45, 2.75) is 19.4 Å². The van der Waals surface area contributed by atoms with Gasteiger partial charge in [0.1, 0.15) is 0 Å². The molecule has 0 unspecified atom stereocenters. The molecule has 1 saturated heterocycles. The van der Waals surface area contributed by atoms with Crippen molar-refractivity contribution in [2.24, 2.45) is 13.0 Å². The third-order valence-electron chi connectivity index (χ3n) is 4.70. The molecule has 25 heavy (non-hydrogen) atoms. The molecule has 0 radical (unpaired) electrons. The van der Waals surface area contributed by atoms with Crippen LogP contribution >= 0.6 is 0 Å². The van der Waals surface area contributed by atoms with Gasteiger partial charge < -0.3 is 19.5 Å². The van der Waals surface area contributed by atoms with E-state index in [1.807, 2.05) is 23.9 Å². The van der Waals surface area contributed by atoms with Crippen molar-refractivity contribution in [3.8, 4) is 22.8 Å². The van der Waals surface area contributed by atoms with E-state index >= 15 is 0 Å². The van der Waals surface area contributed by atoms with Gasteiger partial charge in [-0.05, 0) is 30.5 Å². The fourth-order valence-corrected chi connectivity index (χ4v) is 3.38. The summed E-state index contributed by atoms with van der Waals surface area (Å²) >= 11 is 0. The fourth-order valence-electron chi connectivity index (χ4n) is 3.38. The van der Waals surface area contributed by atoms with Gasteiger partial charge in [-0.3, -0.25) is 4.68 Å². The average molecular weight is 343 g/mol. The lowest BCUT2D eigenvalue weighted by Crippen LogP contribution is -2.22. The Labute approximate surface area is 148 Å². The number of fused-ring (bicyclic) bond motifs is 1. The lowest BCUT2D eigenvalue weighted by molar-refractivity contribution is 0.185. The van der Waals surface area contributed by atoms with Gasteiger partial charge in [-0.2, -0.15) is 5.10 Å². The first-order valence-electron chi connectivity index (χ1n) is 9.00. The molecule has 1 atom stereocenters. The van der Waals surface area contributed by atoms with E-state index in [1.54, 1.807) is 0 Å². The van der Waals surface area contributed by atoms with Gasteiger partial charge in [0, 0.05) is 50.5 Å². The number of aryl methyl sites for hydroxylation is 1. The predicted molar refractivity (Wildman–Crippen MR) is 94.9 cm³/mol. The maximum Gasteiger partial charge on any atom is 0.161 e. The standard InChI is InChI=1S/C19H25N3O3/c1-22-12-16(11-20-10-14-5-8-23-13-14)19(21-22)15-3-4-17-18(9-15)25-7-2-6-24-17/h3-4,9,12,14,20H,2,5-8,10-11,13H2,1H3/t14-/m0/s1. The van der Waals surface area contributed by atoms with Crippen LogP contribution in [0.4, 0.5) is 0 Å². The predicted octanol–water partition coefficient (Wildman–Crippen LogP) is 2.37. The van der Waals surface area contributed by atoms with Crippen LogP contribution in [0, 0.1) is 5.92 Å². The molecule has 1 N–H and O–H groups in total. The highest BCUT2D eigenvalue weighted by Crippen LogP contribution is 2.34. The minimum atomic E-state index is 0.623. The number of aromatic nitrogens is 2. The largest absolute Gasteiger partial charge is 0.490 e. The van der Waals surface area contributed by atoms with Gasteiger partial charge in [0.25, 0.3) is 0 Å². The van der Waals surface area contributed by atoms with Crippen molar-refractivity contribution in [1.82, 2.24) is 15.1 Å². The van der Waals surface area contributed by atoms with Crippen LogP contribution in [0.1, 0.15) is 18.4 Å². The van der Waals surface area contributed by atoms with Crippen LogP contribution in [0.3, 0.4) is 0 Å². The van der Waals surface area contributed by atoms with E-state index in [-0.39, 0.29) is 0 Å². The Morgan fingerprint density at radius 2 is 2.08 bits per heavy atom. The Morgan fingerprint density at radius 3 is 2.92 bits per heavy atom. The summed E-state index contributed by atoms with van der Waals surface area (Å²) in [5.41, 5.74) is 3.25. The number of ether oxygens (including phenoxy) is 3. The number of hydrogen-bond acceptors (Lipinski definition) is 5. The molecule has 0 amide bonds. The first-order chi connectivity index (χ1) is 12.3. The third-order valence-corrected chi connectivity index (χ3v) is 4.70. The summed E-state index contributed by atoms with van der Waals surface area (Å²) < 4.78 is 18.8. The van der Waals surface area contributed by atoms with Crippen LogP contribution in [0.25, 0.3) is 11.3 Å².